The van der Waals surface area contributed by atoms with Gasteiger partial charge in [-0.1, -0.05) is 61.2 Å². The fourth-order valence-corrected chi connectivity index (χ4v) is 4.05. The standard InChI is InChI=1S/C21H20S/c1-4-9-18-19(5-2)22-20-13-8-12-17(21(18)20)14-16-11-7-6-10-15(16)3/h4-13H,1,14H2,2-3H3/b18-9+,19-5+. The summed E-state index contributed by atoms with van der Waals surface area (Å²) in [5, 5.41) is 2.69. The molecule has 0 amide bonds. The van der Waals surface area contributed by atoms with Crippen molar-refractivity contribution < 1.29 is 0 Å². The van der Waals surface area contributed by atoms with Crippen LogP contribution in [0, 0.1) is 6.92 Å². The quantitative estimate of drug-likeness (QED) is 0.665. The molecule has 0 saturated heterocycles. The highest BCUT2D eigenvalue weighted by Gasteiger charge is 2.08. The molecule has 0 N–H and O–H groups in total. The van der Waals surface area contributed by atoms with Gasteiger partial charge in [0.15, 0.2) is 0 Å². The van der Waals surface area contributed by atoms with Crippen LogP contribution in [0.15, 0.2) is 55.1 Å². The zero-order valence-electron chi connectivity index (χ0n) is 13.1. The zero-order valence-corrected chi connectivity index (χ0v) is 13.9. The minimum absolute atomic E-state index is 0.974. The van der Waals surface area contributed by atoms with Crippen molar-refractivity contribution in [3.63, 3.8) is 0 Å². The molecular formula is C21H20S. The van der Waals surface area contributed by atoms with Crippen LogP contribution in [0.1, 0.15) is 23.6 Å². The molecule has 0 spiro atoms. The first kappa shape index (κ1) is 14.8. The van der Waals surface area contributed by atoms with Crippen LogP contribution in [-0.4, -0.2) is 0 Å². The van der Waals surface area contributed by atoms with E-state index in [-0.39, 0.29) is 0 Å². The van der Waals surface area contributed by atoms with Gasteiger partial charge >= 0.3 is 0 Å². The summed E-state index contributed by atoms with van der Waals surface area (Å²) in [5.74, 6) is 0. The number of rotatable bonds is 3. The van der Waals surface area contributed by atoms with Crippen LogP contribution in [0.25, 0.3) is 22.2 Å². The molecular weight excluding hydrogens is 284 g/mol. The lowest BCUT2D eigenvalue weighted by Crippen LogP contribution is -2.18. The lowest BCUT2D eigenvalue weighted by atomic mass is 9.97. The van der Waals surface area contributed by atoms with E-state index in [9.17, 15) is 0 Å². The van der Waals surface area contributed by atoms with E-state index in [1.54, 1.807) is 0 Å². The van der Waals surface area contributed by atoms with Crippen molar-refractivity contribution in [1.29, 1.82) is 0 Å². The molecule has 0 fully saturated rings. The lowest BCUT2D eigenvalue weighted by molar-refractivity contribution is 1.17. The van der Waals surface area contributed by atoms with Crippen molar-refractivity contribution in [2.45, 2.75) is 20.3 Å². The first-order chi connectivity index (χ1) is 10.7. The lowest BCUT2D eigenvalue weighted by Gasteiger charge is -2.07. The molecule has 0 nitrogen and oxygen atoms in total. The number of benzene rings is 2. The summed E-state index contributed by atoms with van der Waals surface area (Å²) in [5.41, 5.74) is 4.14. The third kappa shape index (κ3) is 2.65. The maximum Gasteiger partial charge on any atom is 0.0358 e. The molecule has 1 heterocycles. The van der Waals surface area contributed by atoms with Crippen LogP contribution in [-0.2, 0) is 6.42 Å². The van der Waals surface area contributed by atoms with E-state index in [4.69, 9.17) is 0 Å². The Labute approximate surface area is 135 Å². The topological polar surface area (TPSA) is 0 Å². The van der Waals surface area contributed by atoms with Gasteiger partial charge in [-0.2, -0.15) is 0 Å². The third-order valence-corrected chi connectivity index (χ3v) is 5.29. The van der Waals surface area contributed by atoms with Crippen LogP contribution >= 0.6 is 11.3 Å². The number of aryl methyl sites for hydroxylation is 1. The van der Waals surface area contributed by atoms with Gasteiger partial charge in [0, 0.05) is 19.8 Å². The molecule has 0 aliphatic rings. The molecule has 2 aromatic carbocycles. The van der Waals surface area contributed by atoms with Gasteiger partial charge in [0.05, 0.1) is 0 Å². The Morgan fingerprint density at radius 1 is 1.05 bits per heavy atom. The Bertz CT molecular complexity index is 942. The van der Waals surface area contributed by atoms with E-state index >= 15 is 0 Å². The summed E-state index contributed by atoms with van der Waals surface area (Å²) in [4.78, 5) is 0. The maximum atomic E-state index is 3.88. The molecule has 0 unspecified atom stereocenters. The van der Waals surface area contributed by atoms with E-state index < -0.39 is 0 Å². The summed E-state index contributed by atoms with van der Waals surface area (Å²) >= 11 is 1.86. The number of hydrogen-bond acceptors (Lipinski definition) is 1. The van der Waals surface area contributed by atoms with Crippen molar-refractivity contribution in [3.8, 4) is 0 Å². The maximum absolute atomic E-state index is 3.88. The number of thiophene rings is 1. The van der Waals surface area contributed by atoms with E-state index in [1.807, 2.05) is 17.4 Å². The summed E-state index contributed by atoms with van der Waals surface area (Å²) in [6.07, 6.45) is 7.19. The predicted molar refractivity (Wildman–Crippen MR) is 99.9 cm³/mol. The van der Waals surface area contributed by atoms with Gasteiger partial charge in [-0.05, 0) is 43.0 Å². The fourth-order valence-electron chi connectivity index (χ4n) is 2.92. The molecule has 0 atom stereocenters. The minimum Gasteiger partial charge on any atom is -0.136 e. The summed E-state index contributed by atoms with van der Waals surface area (Å²) in [7, 11) is 0. The van der Waals surface area contributed by atoms with Gasteiger partial charge in [0.1, 0.15) is 0 Å². The first-order valence-electron chi connectivity index (χ1n) is 7.58. The number of allylic oxidation sites excluding steroid dienone is 1. The molecule has 3 aromatic rings. The van der Waals surface area contributed by atoms with Crippen molar-refractivity contribution in [2.24, 2.45) is 0 Å². The molecule has 0 saturated carbocycles. The molecule has 0 radical (unpaired) electrons. The average Bonchev–Trinajstić information content (AvgIpc) is 2.89. The zero-order chi connectivity index (χ0) is 15.5. The van der Waals surface area contributed by atoms with E-state index in [0.717, 1.165) is 6.42 Å². The van der Waals surface area contributed by atoms with Crippen LogP contribution < -0.4 is 9.75 Å². The van der Waals surface area contributed by atoms with Gasteiger partial charge in [-0.15, -0.1) is 11.3 Å². The number of hydrogen-bond donors (Lipinski definition) is 0. The molecule has 0 bridgehead atoms. The van der Waals surface area contributed by atoms with Crippen LogP contribution in [0.3, 0.4) is 0 Å². The Balaban J connectivity index is 2.27. The summed E-state index contributed by atoms with van der Waals surface area (Å²) in [6, 6.07) is 15.3. The highest BCUT2D eigenvalue weighted by atomic mass is 32.1. The van der Waals surface area contributed by atoms with Crippen LogP contribution in [0.2, 0.25) is 0 Å². The largest absolute Gasteiger partial charge is 0.136 e. The van der Waals surface area contributed by atoms with Gasteiger partial charge < -0.3 is 0 Å². The number of fused-ring (bicyclic) bond motifs is 1. The van der Waals surface area contributed by atoms with Gasteiger partial charge in [0.25, 0.3) is 0 Å². The van der Waals surface area contributed by atoms with Gasteiger partial charge in [-0.3, -0.25) is 0 Å². The Hall–Kier alpha value is -2.12. The van der Waals surface area contributed by atoms with Crippen molar-refractivity contribution in [2.75, 3.05) is 0 Å². The summed E-state index contributed by atoms with van der Waals surface area (Å²) < 4.78 is 2.68. The monoisotopic (exact) mass is 304 g/mol. The third-order valence-electron chi connectivity index (χ3n) is 4.06. The first-order valence-corrected chi connectivity index (χ1v) is 8.40. The Morgan fingerprint density at radius 3 is 2.55 bits per heavy atom. The molecule has 110 valence electrons. The van der Waals surface area contributed by atoms with Crippen molar-refractivity contribution in [1.82, 2.24) is 0 Å². The highest BCUT2D eigenvalue weighted by Crippen LogP contribution is 2.22. The van der Waals surface area contributed by atoms with E-state index in [0.29, 0.717) is 0 Å². The fraction of sp³-hybridized carbons (Fsp3) is 0.143. The van der Waals surface area contributed by atoms with Crippen LogP contribution in [0.4, 0.5) is 0 Å². The smallest absolute Gasteiger partial charge is 0.0358 e. The summed E-state index contributed by atoms with van der Waals surface area (Å²) in [6.45, 7) is 8.17. The van der Waals surface area contributed by atoms with Crippen molar-refractivity contribution in [3.05, 3.63) is 81.6 Å². The van der Waals surface area contributed by atoms with Crippen LogP contribution in [0.5, 0.6) is 0 Å². The van der Waals surface area contributed by atoms with Crippen molar-refractivity contribution >= 4 is 33.6 Å². The predicted octanol–water partition coefficient (Wildman–Crippen LogP) is 4.57. The molecule has 0 aliphatic carbocycles. The van der Waals surface area contributed by atoms with Gasteiger partial charge in [0.2, 0.25) is 0 Å². The highest BCUT2D eigenvalue weighted by molar-refractivity contribution is 7.17. The van der Waals surface area contributed by atoms with E-state index in [2.05, 4.69) is 75.0 Å². The second-order valence-corrected chi connectivity index (χ2v) is 6.55. The molecule has 0 aliphatic heterocycles. The average molecular weight is 304 g/mol. The second kappa shape index (κ2) is 6.33. The SMILES string of the molecule is C=C/C=c1\c(=C/C)sc2cccc(Cc3ccccc3C)c12. The van der Waals surface area contributed by atoms with E-state index in [1.165, 1.54) is 36.5 Å². The second-order valence-electron chi connectivity index (χ2n) is 5.46. The molecule has 3 rings (SSSR count). The molecule has 22 heavy (non-hydrogen) atoms. The minimum atomic E-state index is 0.974. The Kier molecular flexibility index (Phi) is 4.26. The van der Waals surface area contributed by atoms with Gasteiger partial charge in [-0.25, -0.2) is 0 Å². The molecule has 1 heteroatoms. The molecule has 1 aromatic heterocycles. The normalized spacial score (nSPS) is 13.0. The Morgan fingerprint density at radius 2 is 1.82 bits per heavy atom.